The minimum absolute atomic E-state index is 0.528. The van der Waals surface area contributed by atoms with E-state index in [9.17, 15) is 0 Å². The lowest BCUT2D eigenvalue weighted by atomic mass is 10.7. The second-order valence-electron chi connectivity index (χ2n) is 3.48. The summed E-state index contributed by atoms with van der Waals surface area (Å²) in [6.45, 7) is 0. The Balaban J connectivity index is 1.67. The molecule has 0 atom stereocenters. The molecule has 3 rings (SSSR count). The predicted octanol–water partition coefficient (Wildman–Crippen LogP) is 2.52. The van der Waals surface area contributed by atoms with Crippen LogP contribution in [0.2, 0.25) is 0 Å². The Hall–Kier alpha value is -0.470. The summed E-state index contributed by atoms with van der Waals surface area (Å²) in [5.74, 6) is 0.823. The van der Waals surface area contributed by atoms with Crippen LogP contribution in [-0.2, 0) is 5.75 Å². The molecule has 1 aliphatic rings. The third-order valence-corrected chi connectivity index (χ3v) is 4.81. The van der Waals surface area contributed by atoms with Crippen molar-refractivity contribution in [2.75, 3.05) is 0 Å². The number of tetrazole rings is 1. The molecule has 8 heteroatoms. The molecule has 84 valence electrons. The number of thiazole rings is 1. The molecule has 0 radical (unpaired) electrons. The first-order chi connectivity index (χ1) is 7.83. The summed E-state index contributed by atoms with van der Waals surface area (Å²) < 4.78 is 2.98. The molecular formula is C8H8BrN5S2. The maximum absolute atomic E-state index is 4.28. The van der Waals surface area contributed by atoms with Gasteiger partial charge in [-0.1, -0.05) is 11.8 Å². The molecule has 0 aromatic carbocycles. The number of aromatic nitrogens is 5. The standard InChI is InChI=1S/C8H8BrN5S2/c9-6-3-10-7(16-6)4-15-8-11-12-13-14(8)5-1-2-5/h3,5H,1-2,4H2. The second kappa shape index (κ2) is 4.42. The van der Waals surface area contributed by atoms with Gasteiger partial charge in [0.15, 0.2) is 0 Å². The van der Waals surface area contributed by atoms with Crippen LogP contribution in [0.5, 0.6) is 0 Å². The molecule has 5 nitrogen and oxygen atoms in total. The molecule has 1 saturated carbocycles. The summed E-state index contributed by atoms with van der Waals surface area (Å²) in [5, 5.41) is 13.7. The Morgan fingerprint density at radius 2 is 2.44 bits per heavy atom. The van der Waals surface area contributed by atoms with E-state index < -0.39 is 0 Å². The summed E-state index contributed by atoms with van der Waals surface area (Å²) in [5.41, 5.74) is 0. The molecule has 2 heterocycles. The molecule has 0 spiro atoms. The van der Waals surface area contributed by atoms with Gasteiger partial charge in [0.1, 0.15) is 5.01 Å². The molecule has 0 saturated heterocycles. The minimum Gasteiger partial charge on any atom is -0.248 e. The molecule has 0 amide bonds. The predicted molar refractivity (Wildman–Crippen MR) is 65.5 cm³/mol. The van der Waals surface area contributed by atoms with E-state index in [0.717, 1.165) is 19.7 Å². The molecule has 1 fully saturated rings. The Bertz CT molecular complexity index is 492. The first-order valence-corrected chi connectivity index (χ1v) is 7.43. The summed E-state index contributed by atoms with van der Waals surface area (Å²) in [6.07, 6.45) is 4.22. The Morgan fingerprint density at radius 3 is 3.12 bits per heavy atom. The van der Waals surface area contributed by atoms with E-state index in [-0.39, 0.29) is 0 Å². The topological polar surface area (TPSA) is 56.5 Å². The fourth-order valence-electron chi connectivity index (χ4n) is 1.31. The summed E-state index contributed by atoms with van der Waals surface area (Å²) in [4.78, 5) is 4.28. The van der Waals surface area contributed by atoms with Gasteiger partial charge < -0.3 is 0 Å². The van der Waals surface area contributed by atoms with Gasteiger partial charge in [-0.15, -0.1) is 16.4 Å². The van der Waals surface area contributed by atoms with Crippen molar-refractivity contribution in [3.8, 4) is 0 Å². The van der Waals surface area contributed by atoms with Crippen molar-refractivity contribution < 1.29 is 0 Å². The van der Waals surface area contributed by atoms with Gasteiger partial charge in [-0.2, -0.15) is 0 Å². The zero-order chi connectivity index (χ0) is 11.0. The number of halogens is 1. The van der Waals surface area contributed by atoms with Crippen LogP contribution in [0.4, 0.5) is 0 Å². The Labute approximate surface area is 109 Å². The number of rotatable bonds is 4. The third-order valence-electron chi connectivity index (χ3n) is 2.21. The zero-order valence-corrected chi connectivity index (χ0v) is 11.4. The van der Waals surface area contributed by atoms with Crippen LogP contribution in [0.1, 0.15) is 23.9 Å². The van der Waals surface area contributed by atoms with E-state index in [0.29, 0.717) is 6.04 Å². The smallest absolute Gasteiger partial charge is 0.209 e. The van der Waals surface area contributed by atoms with Crippen molar-refractivity contribution in [3.63, 3.8) is 0 Å². The molecule has 16 heavy (non-hydrogen) atoms. The maximum atomic E-state index is 4.28. The Kier molecular flexibility index (Phi) is 2.95. The highest BCUT2D eigenvalue weighted by molar-refractivity contribution is 9.11. The van der Waals surface area contributed by atoms with Crippen molar-refractivity contribution >= 4 is 39.0 Å². The number of nitrogens with zero attached hydrogens (tertiary/aromatic N) is 5. The molecule has 2 aromatic rings. The molecule has 0 unspecified atom stereocenters. The average Bonchev–Trinajstić information content (AvgIpc) is 2.86. The molecule has 0 N–H and O–H groups in total. The van der Waals surface area contributed by atoms with Gasteiger partial charge in [-0.05, 0) is 39.2 Å². The fourth-order valence-corrected chi connectivity index (χ4v) is 3.56. The van der Waals surface area contributed by atoms with Crippen LogP contribution in [0.15, 0.2) is 15.1 Å². The molecule has 0 bridgehead atoms. The first-order valence-electron chi connectivity index (χ1n) is 4.84. The lowest BCUT2D eigenvalue weighted by Crippen LogP contribution is -1.98. The second-order valence-corrected chi connectivity index (χ2v) is 6.92. The van der Waals surface area contributed by atoms with E-state index >= 15 is 0 Å². The highest BCUT2D eigenvalue weighted by Gasteiger charge is 2.27. The van der Waals surface area contributed by atoms with Gasteiger partial charge >= 0.3 is 0 Å². The van der Waals surface area contributed by atoms with Crippen molar-refractivity contribution in [3.05, 3.63) is 15.0 Å². The molecular weight excluding hydrogens is 310 g/mol. The van der Waals surface area contributed by atoms with Crippen LogP contribution in [0, 0.1) is 0 Å². The Morgan fingerprint density at radius 1 is 1.56 bits per heavy atom. The van der Waals surface area contributed by atoms with Crippen LogP contribution >= 0.6 is 39.0 Å². The van der Waals surface area contributed by atoms with Crippen LogP contribution < -0.4 is 0 Å². The molecule has 0 aliphatic heterocycles. The quantitative estimate of drug-likeness (QED) is 0.811. The van der Waals surface area contributed by atoms with Gasteiger partial charge in [0, 0.05) is 0 Å². The third kappa shape index (κ3) is 2.28. The largest absolute Gasteiger partial charge is 0.248 e. The number of hydrogen-bond acceptors (Lipinski definition) is 6. The maximum Gasteiger partial charge on any atom is 0.209 e. The fraction of sp³-hybridized carbons (Fsp3) is 0.500. The highest BCUT2D eigenvalue weighted by atomic mass is 79.9. The van der Waals surface area contributed by atoms with Crippen molar-refractivity contribution in [1.29, 1.82) is 0 Å². The van der Waals surface area contributed by atoms with Crippen molar-refractivity contribution in [2.24, 2.45) is 0 Å². The van der Waals surface area contributed by atoms with Crippen LogP contribution in [0.25, 0.3) is 0 Å². The van der Waals surface area contributed by atoms with Crippen molar-refractivity contribution in [1.82, 2.24) is 25.2 Å². The first kappa shape index (κ1) is 10.7. The molecule has 2 aromatic heterocycles. The highest BCUT2D eigenvalue weighted by Crippen LogP contribution is 2.37. The van der Waals surface area contributed by atoms with Crippen LogP contribution in [0.3, 0.4) is 0 Å². The lowest BCUT2D eigenvalue weighted by molar-refractivity contribution is 0.565. The minimum atomic E-state index is 0.528. The van der Waals surface area contributed by atoms with Gasteiger partial charge in [0.2, 0.25) is 5.16 Å². The summed E-state index contributed by atoms with van der Waals surface area (Å²) >= 11 is 6.69. The van der Waals surface area contributed by atoms with Crippen molar-refractivity contribution in [2.45, 2.75) is 29.8 Å². The monoisotopic (exact) mass is 317 g/mol. The van der Waals surface area contributed by atoms with E-state index in [1.807, 2.05) is 10.9 Å². The number of thioether (sulfide) groups is 1. The molecule has 1 aliphatic carbocycles. The van der Waals surface area contributed by atoms with E-state index in [2.05, 4.69) is 36.4 Å². The zero-order valence-electron chi connectivity index (χ0n) is 8.21. The van der Waals surface area contributed by atoms with Gasteiger partial charge in [0.25, 0.3) is 0 Å². The van der Waals surface area contributed by atoms with Gasteiger partial charge in [-0.3, -0.25) is 0 Å². The van der Waals surface area contributed by atoms with E-state index in [1.165, 1.54) is 12.8 Å². The normalized spacial score (nSPS) is 15.6. The van der Waals surface area contributed by atoms with Gasteiger partial charge in [0.05, 0.1) is 21.8 Å². The van der Waals surface area contributed by atoms with Gasteiger partial charge in [-0.25, -0.2) is 9.67 Å². The summed E-state index contributed by atoms with van der Waals surface area (Å²) in [6, 6.07) is 0.528. The van der Waals surface area contributed by atoms with E-state index in [1.54, 1.807) is 23.1 Å². The number of hydrogen-bond donors (Lipinski definition) is 0. The SMILES string of the molecule is Brc1cnc(CSc2nnnn2C2CC2)s1. The van der Waals surface area contributed by atoms with Crippen LogP contribution in [-0.4, -0.2) is 25.2 Å². The lowest BCUT2D eigenvalue weighted by Gasteiger charge is -1.99. The summed E-state index contributed by atoms with van der Waals surface area (Å²) in [7, 11) is 0. The average molecular weight is 318 g/mol. The van der Waals surface area contributed by atoms with E-state index in [4.69, 9.17) is 0 Å².